The number of urea groups is 1. The quantitative estimate of drug-likeness (QED) is 0.664. The van der Waals surface area contributed by atoms with Crippen LogP contribution >= 0.6 is 15.9 Å². The molecule has 0 aliphatic rings. The van der Waals surface area contributed by atoms with Crippen molar-refractivity contribution in [3.63, 3.8) is 0 Å². The van der Waals surface area contributed by atoms with Gasteiger partial charge >= 0.3 is 12.0 Å². The van der Waals surface area contributed by atoms with Crippen molar-refractivity contribution in [2.45, 2.75) is 6.04 Å². The fourth-order valence-corrected chi connectivity index (χ4v) is 1.66. The summed E-state index contributed by atoms with van der Waals surface area (Å²) in [5, 5.41) is 21.2. The Kier molecular flexibility index (Phi) is 5.19. The van der Waals surface area contributed by atoms with Gasteiger partial charge in [-0.3, -0.25) is 0 Å². The molecule has 0 aromatic heterocycles. The third-order valence-electron chi connectivity index (χ3n) is 2.03. The van der Waals surface area contributed by atoms with Crippen molar-refractivity contribution in [1.29, 1.82) is 0 Å². The molecule has 0 aliphatic heterocycles. The van der Waals surface area contributed by atoms with Gasteiger partial charge in [0, 0.05) is 10.5 Å². The first-order valence-corrected chi connectivity index (χ1v) is 5.70. The molecule has 2 amide bonds. The van der Waals surface area contributed by atoms with Crippen molar-refractivity contribution in [2.75, 3.05) is 11.9 Å². The predicted octanol–water partition coefficient (Wildman–Crippen LogP) is 1.29. The van der Waals surface area contributed by atoms with E-state index in [-0.39, 0.29) is 10.2 Å². The van der Waals surface area contributed by atoms with E-state index < -0.39 is 36.3 Å². The van der Waals surface area contributed by atoms with Crippen LogP contribution in [0.25, 0.3) is 0 Å². The average molecular weight is 339 g/mol. The normalized spacial score (nSPS) is 11.8. The number of aliphatic hydroxyl groups is 1. The van der Waals surface area contributed by atoms with E-state index in [4.69, 9.17) is 10.2 Å². The lowest BCUT2D eigenvalue weighted by atomic mass is 10.3. The van der Waals surface area contributed by atoms with E-state index in [1.165, 1.54) is 0 Å². The van der Waals surface area contributed by atoms with Gasteiger partial charge in [0.05, 0.1) is 12.3 Å². The fraction of sp³-hybridized carbons (Fsp3) is 0.200. The Hall–Kier alpha value is -1.74. The van der Waals surface area contributed by atoms with E-state index in [0.717, 1.165) is 6.07 Å². The van der Waals surface area contributed by atoms with E-state index in [1.54, 1.807) is 0 Å². The van der Waals surface area contributed by atoms with Gasteiger partial charge in [-0.25, -0.2) is 18.4 Å². The number of halogens is 3. The molecule has 0 aliphatic carbocycles. The summed E-state index contributed by atoms with van der Waals surface area (Å²) in [5.74, 6) is -3.32. The number of carbonyl (C=O) groups excluding carboxylic acids is 1. The fourth-order valence-electron chi connectivity index (χ4n) is 1.15. The molecule has 9 heteroatoms. The topological polar surface area (TPSA) is 98.7 Å². The Labute approximate surface area is 114 Å². The van der Waals surface area contributed by atoms with Gasteiger partial charge in [0.15, 0.2) is 11.9 Å². The van der Waals surface area contributed by atoms with Gasteiger partial charge in [0.25, 0.3) is 0 Å². The molecule has 1 rings (SSSR count). The molecule has 19 heavy (non-hydrogen) atoms. The number of nitrogens with one attached hydrogen (secondary N) is 2. The number of carbonyl (C=O) groups is 2. The molecular formula is C10H9BrF2N2O4. The minimum absolute atomic E-state index is 0.0453. The number of rotatable bonds is 4. The van der Waals surface area contributed by atoms with Crippen LogP contribution in [0.5, 0.6) is 0 Å². The second kappa shape index (κ2) is 6.43. The molecule has 0 saturated carbocycles. The zero-order chi connectivity index (χ0) is 14.6. The number of carboxylic acid groups (broad SMARTS) is 1. The maximum absolute atomic E-state index is 13.4. The maximum atomic E-state index is 13.4. The molecule has 1 aromatic rings. The van der Waals surface area contributed by atoms with E-state index in [9.17, 15) is 18.4 Å². The Morgan fingerprint density at radius 2 is 2.00 bits per heavy atom. The molecule has 104 valence electrons. The SMILES string of the molecule is O=C(Nc1c(F)cc(F)cc1Br)NC(CO)C(=O)O. The number of amides is 2. The number of hydrogen-bond acceptors (Lipinski definition) is 3. The standard InChI is InChI=1S/C10H9BrF2N2O4/c11-5-1-4(12)2-6(13)8(5)15-10(19)14-7(3-16)9(17)18/h1-2,7,16H,3H2,(H,17,18)(H2,14,15,19). The number of aliphatic carboxylic acids is 1. The van der Waals surface area contributed by atoms with Crippen LogP contribution in [-0.2, 0) is 4.79 Å². The van der Waals surface area contributed by atoms with E-state index >= 15 is 0 Å². The molecule has 1 aromatic carbocycles. The summed E-state index contributed by atoms with van der Waals surface area (Å²) < 4.78 is 26.1. The monoisotopic (exact) mass is 338 g/mol. The van der Waals surface area contributed by atoms with Crippen LogP contribution in [0.3, 0.4) is 0 Å². The van der Waals surface area contributed by atoms with Gasteiger partial charge in [-0.05, 0) is 22.0 Å². The first kappa shape index (κ1) is 15.3. The molecule has 1 atom stereocenters. The molecular weight excluding hydrogens is 330 g/mol. The highest BCUT2D eigenvalue weighted by Gasteiger charge is 2.20. The molecule has 0 radical (unpaired) electrons. The maximum Gasteiger partial charge on any atom is 0.328 e. The summed E-state index contributed by atoms with van der Waals surface area (Å²) >= 11 is 2.85. The third-order valence-corrected chi connectivity index (χ3v) is 2.66. The van der Waals surface area contributed by atoms with E-state index in [0.29, 0.717) is 6.07 Å². The van der Waals surface area contributed by atoms with E-state index in [2.05, 4.69) is 15.9 Å². The molecule has 0 fully saturated rings. The second-order valence-electron chi connectivity index (χ2n) is 3.42. The first-order chi connectivity index (χ1) is 8.85. The van der Waals surface area contributed by atoms with Crippen molar-refractivity contribution in [3.8, 4) is 0 Å². The second-order valence-corrected chi connectivity index (χ2v) is 4.27. The van der Waals surface area contributed by atoms with Gasteiger partial charge in [0.2, 0.25) is 0 Å². The van der Waals surface area contributed by atoms with Crippen LogP contribution in [0, 0.1) is 11.6 Å². The van der Waals surface area contributed by atoms with Crippen molar-refractivity contribution in [1.82, 2.24) is 5.32 Å². The third kappa shape index (κ3) is 4.14. The lowest BCUT2D eigenvalue weighted by molar-refractivity contribution is -0.140. The molecule has 6 nitrogen and oxygen atoms in total. The van der Waals surface area contributed by atoms with Crippen LogP contribution < -0.4 is 10.6 Å². The summed E-state index contributed by atoms with van der Waals surface area (Å²) in [5.41, 5.74) is -0.346. The number of benzene rings is 1. The first-order valence-electron chi connectivity index (χ1n) is 4.91. The molecule has 0 bridgehead atoms. The molecule has 1 unspecified atom stereocenters. The van der Waals surface area contributed by atoms with Gasteiger partial charge in [0.1, 0.15) is 5.82 Å². The van der Waals surface area contributed by atoms with Crippen LogP contribution in [0.15, 0.2) is 16.6 Å². The minimum Gasteiger partial charge on any atom is -0.480 e. The van der Waals surface area contributed by atoms with E-state index in [1.807, 2.05) is 10.6 Å². The van der Waals surface area contributed by atoms with Crippen molar-refractivity contribution < 1.29 is 28.6 Å². The highest BCUT2D eigenvalue weighted by molar-refractivity contribution is 9.10. The number of hydrogen-bond donors (Lipinski definition) is 4. The molecule has 4 N–H and O–H groups in total. The smallest absolute Gasteiger partial charge is 0.328 e. The number of carboxylic acids is 1. The largest absolute Gasteiger partial charge is 0.480 e. The van der Waals surface area contributed by atoms with Gasteiger partial charge in [-0.2, -0.15) is 0 Å². The zero-order valence-corrected chi connectivity index (χ0v) is 10.9. The number of aliphatic hydroxyl groups excluding tert-OH is 1. The van der Waals surface area contributed by atoms with Gasteiger partial charge < -0.3 is 20.8 Å². The van der Waals surface area contributed by atoms with Crippen LogP contribution in [0.1, 0.15) is 0 Å². The highest BCUT2D eigenvalue weighted by atomic mass is 79.9. The Balaban J connectivity index is 2.80. The van der Waals surface area contributed by atoms with Crippen LogP contribution in [-0.4, -0.2) is 34.9 Å². The lowest BCUT2D eigenvalue weighted by Gasteiger charge is -2.13. The Morgan fingerprint density at radius 3 is 2.47 bits per heavy atom. The van der Waals surface area contributed by atoms with Crippen molar-refractivity contribution in [3.05, 3.63) is 28.2 Å². The highest BCUT2D eigenvalue weighted by Crippen LogP contribution is 2.26. The zero-order valence-electron chi connectivity index (χ0n) is 9.28. The summed E-state index contributed by atoms with van der Waals surface area (Å²) in [7, 11) is 0. The van der Waals surface area contributed by atoms with Crippen LogP contribution in [0.4, 0.5) is 19.3 Å². The summed E-state index contributed by atoms with van der Waals surface area (Å²) in [6.07, 6.45) is 0. The minimum atomic E-state index is -1.53. The number of anilines is 1. The summed E-state index contributed by atoms with van der Waals surface area (Å²) in [6, 6.07) is -1.09. The Bertz CT molecular complexity index is 489. The predicted molar refractivity (Wildman–Crippen MR) is 64.7 cm³/mol. The molecule has 0 saturated heterocycles. The van der Waals surface area contributed by atoms with Crippen LogP contribution in [0.2, 0.25) is 0 Å². The van der Waals surface area contributed by atoms with Gasteiger partial charge in [-0.15, -0.1) is 0 Å². The molecule has 0 heterocycles. The van der Waals surface area contributed by atoms with Crippen molar-refractivity contribution >= 4 is 33.6 Å². The average Bonchev–Trinajstić information content (AvgIpc) is 2.30. The summed E-state index contributed by atoms with van der Waals surface area (Å²) in [6.45, 7) is -0.824. The van der Waals surface area contributed by atoms with Crippen molar-refractivity contribution in [2.24, 2.45) is 0 Å². The lowest BCUT2D eigenvalue weighted by Crippen LogP contribution is -2.45. The van der Waals surface area contributed by atoms with Gasteiger partial charge in [-0.1, -0.05) is 0 Å². The molecule has 0 spiro atoms. The Morgan fingerprint density at radius 1 is 1.37 bits per heavy atom. The summed E-state index contributed by atoms with van der Waals surface area (Å²) in [4.78, 5) is 22.0.